The summed E-state index contributed by atoms with van der Waals surface area (Å²) in [6.07, 6.45) is 1.57. The Kier molecular flexibility index (Phi) is 3.99. The van der Waals surface area contributed by atoms with E-state index >= 15 is 0 Å². The molecule has 0 spiro atoms. The quantitative estimate of drug-likeness (QED) is 0.595. The molecule has 118 valence electrons. The highest BCUT2D eigenvalue weighted by Crippen LogP contribution is 2.19. The van der Waals surface area contributed by atoms with Crippen molar-refractivity contribution in [1.29, 1.82) is 0 Å². The number of anilines is 1. The second-order valence-corrected chi connectivity index (χ2v) is 6.07. The normalized spacial score (nSPS) is 12.4. The minimum atomic E-state index is 0.407. The molecular formula is C17H20N5O+. The minimum Gasteiger partial charge on any atom is -0.334 e. The van der Waals surface area contributed by atoms with E-state index in [0.717, 1.165) is 15.9 Å². The second-order valence-electron chi connectivity index (χ2n) is 6.07. The molecule has 0 saturated carbocycles. The Balaban J connectivity index is 1.75. The van der Waals surface area contributed by atoms with E-state index in [1.165, 1.54) is 10.5 Å². The van der Waals surface area contributed by atoms with Crippen LogP contribution in [0.3, 0.4) is 0 Å². The monoisotopic (exact) mass is 310 g/mol. The Morgan fingerprint density at radius 3 is 2.35 bits per heavy atom. The topological polar surface area (TPSA) is 55.4 Å². The molecule has 2 aromatic carbocycles. The van der Waals surface area contributed by atoms with Crippen LogP contribution >= 0.6 is 0 Å². The van der Waals surface area contributed by atoms with Crippen LogP contribution in [0.2, 0.25) is 0 Å². The highest BCUT2D eigenvalue weighted by atomic mass is 16.5. The molecule has 23 heavy (non-hydrogen) atoms. The number of aromatic nitrogens is 2. The molecule has 1 heterocycles. The van der Waals surface area contributed by atoms with Gasteiger partial charge in [0, 0.05) is 12.1 Å². The van der Waals surface area contributed by atoms with Gasteiger partial charge in [0.1, 0.15) is 17.6 Å². The molecule has 3 aromatic rings. The molecule has 0 saturated heterocycles. The van der Waals surface area contributed by atoms with E-state index in [1.807, 2.05) is 42.5 Å². The van der Waals surface area contributed by atoms with Crippen LogP contribution in [0.4, 0.5) is 11.4 Å². The van der Waals surface area contributed by atoms with E-state index in [-0.39, 0.29) is 0 Å². The Hall–Kier alpha value is -2.86. The molecule has 0 aliphatic rings. The van der Waals surface area contributed by atoms with Gasteiger partial charge in [-0.15, -0.1) is 10.2 Å². The highest BCUT2D eigenvalue weighted by molar-refractivity contribution is 5.52. The van der Waals surface area contributed by atoms with Gasteiger partial charge in [0.05, 0.1) is 26.8 Å². The SMILES string of the molecule is C[N+](C)(C)c1ccc(NN=c2cnn(-c3ccccc3)o2)cc1. The van der Waals surface area contributed by atoms with Crippen molar-refractivity contribution in [3.63, 3.8) is 0 Å². The molecule has 0 aliphatic carbocycles. The molecule has 3 rings (SSSR count). The first kappa shape index (κ1) is 15.1. The van der Waals surface area contributed by atoms with E-state index in [4.69, 9.17) is 4.52 Å². The Bertz CT molecular complexity index is 826. The number of nitrogens with zero attached hydrogens (tertiary/aromatic N) is 4. The Morgan fingerprint density at radius 1 is 1.00 bits per heavy atom. The molecule has 0 radical (unpaired) electrons. The molecule has 0 fully saturated rings. The maximum atomic E-state index is 5.54. The third kappa shape index (κ3) is 3.67. The lowest BCUT2D eigenvalue weighted by Crippen LogP contribution is -2.34. The van der Waals surface area contributed by atoms with Crippen molar-refractivity contribution >= 4 is 11.4 Å². The summed E-state index contributed by atoms with van der Waals surface area (Å²) in [7, 11) is 6.39. The zero-order valence-corrected chi connectivity index (χ0v) is 13.5. The smallest absolute Gasteiger partial charge is 0.285 e. The Morgan fingerprint density at radius 2 is 1.70 bits per heavy atom. The maximum absolute atomic E-state index is 5.54. The lowest BCUT2D eigenvalue weighted by atomic mass is 10.2. The summed E-state index contributed by atoms with van der Waals surface area (Å²) in [6, 6.07) is 17.8. The summed E-state index contributed by atoms with van der Waals surface area (Å²) < 4.78 is 6.32. The van der Waals surface area contributed by atoms with E-state index < -0.39 is 0 Å². The maximum Gasteiger partial charge on any atom is 0.285 e. The molecule has 0 aliphatic heterocycles. The van der Waals surface area contributed by atoms with Gasteiger partial charge in [-0.2, -0.15) is 0 Å². The number of quaternary nitrogens is 1. The van der Waals surface area contributed by atoms with Gasteiger partial charge < -0.3 is 4.52 Å². The number of hydrogen-bond donors (Lipinski definition) is 1. The molecule has 0 unspecified atom stereocenters. The van der Waals surface area contributed by atoms with Gasteiger partial charge in [-0.3, -0.25) is 9.91 Å². The van der Waals surface area contributed by atoms with Crippen molar-refractivity contribution in [3.05, 3.63) is 66.3 Å². The van der Waals surface area contributed by atoms with Crippen molar-refractivity contribution in [1.82, 2.24) is 14.4 Å². The molecule has 0 bridgehead atoms. The van der Waals surface area contributed by atoms with Crippen LogP contribution in [0.15, 0.2) is 70.4 Å². The van der Waals surface area contributed by atoms with Crippen molar-refractivity contribution in [2.24, 2.45) is 5.10 Å². The van der Waals surface area contributed by atoms with E-state index in [1.54, 1.807) is 6.20 Å². The number of hydrogen-bond acceptors (Lipinski definition) is 4. The number of rotatable bonds is 4. The van der Waals surface area contributed by atoms with Crippen molar-refractivity contribution < 1.29 is 4.52 Å². The lowest BCUT2D eigenvalue weighted by Gasteiger charge is -2.23. The standard InChI is InChI=1S/C17H20N5O/c1-22(2,3)16-11-9-14(10-12-16)19-20-17-13-18-21(23-17)15-7-5-4-6-8-15/h4-13,19H,1-3H3/q+1. The fraction of sp³-hybridized carbons (Fsp3) is 0.176. The van der Waals surface area contributed by atoms with Gasteiger partial charge >= 0.3 is 0 Å². The predicted molar refractivity (Wildman–Crippen MR) is 91.0 cm³/mol. The fourth-order valence-electron chi connectivity index (χ4n) is 2.06. The molecule has 1 aromatic heterocycles. The second kappa shape index (κ2) is 6.10. The number of benzene rings is 2. The third-order valence-corrected chi connectivity index (χ3v) is 3.37. The summed E-state index contributed by atoms with van der Waals surface area (Å²) in [4.78, 5) is 1.43. The van der Waals surface area contributed by atoms with Gasteiger partial charge in [0.2, 0.25) is 0 Å². The van der Waals surface area contributed by atoms with Crippen molar-refractivity contribution in [2.45, 2.75) is 0 Å². The van der Waals surface area contributed by atoms with Gasteiger partial charge in [-0.05, 0) is 24.3 Å². The minimum absolute atomic E-state index is 0.407. The van der Waals surface area contributed by atoms with Gasteiger partial charge in [-0.25, -0.2) is 0 Å². The molecular weight excluding hydrogens is 290 g/mol. The number of para-hydroxylation sites is 1. The molecule has 6 nitrogen and oxygen atoms in total. The van der Waals surface area contributed by atoms with Gasteiger partial charge in [0.15, 0.2) is 0 Å². The first-order chi connectivity index (χ1) is 11.0. The fourth-order valence-corrected chi connectivity index (χ4v) is 2.06. The lowest BCUT2D eigenvalue weighted by molar-refractivity contribution is 0.287. The summed E-state index contributed by atoms with van der Waals surface area (Å²) in [5, 5.41) is 8.37. The summed E-state index contributed by atoms with van der Waals surface area (Å²) in [6.45, 7) is 0. The largest absolute Gasteiger partial charge is 0.334 e. The Labute approximate surface area is 134 Å². The number of nitrogens with one attached hydrogen (secondary N) is 1. The molecule has 1 N–H and O–H groups in total. The van der Waals surface area contributed by atoms with Crippen LogP contribution in [-0.2, 0) is 0 Å². The van der Waals surface area contributed by atoms with E-state index in [0.29, 0.717) is 5.55 Å². The zero-order valence-electron chi connectivity index (χ0n) is 13.5. The van der Waals surface area contributed by atoms with Crippen LogP contribution in [0.25, 0.3) is 5.69 Å². The third-order valence-electron chi connectivity index (χ3n) is 3.37. The van der Waals surface area contributed by atoms with Gasteiger partial charge in [-0.1, -0.05) is 23.1 Å². The van der Waals surface area contributed by atoms with Crippen LogP contribution in [0.5, 0.6) is 0 Å². The zero-order chi connectivity index (χ0) is 16.3. The van der Waals surface area contributed by atoms with Crippen LogP contribution in [-0.4, -0.2) is 31.1 Å². The van der Waals surface area contributed by atoms with E-state index in [2.05, 4.69) is 48.9 Å². The highest BCUT2D eigenvalue weighted by Gasteiger charge is 2.10. The molecule has 0 atom stereocenters. The van der Waals surface area contributed by atoms with Crippen LogP contribution < -0.4 is 15.5 Å². The summed E-state index contributed by atoms with van der Waals surface area (Å²) in [5.41, 5.74) is 6.34. The van der Waals surface area contributed by atoms with Crippen molar-refractivity contribution in [3.8, 4) is 5.69 Å². The van der Waals surface area contributed by atoms with Gasteiger partial charge in [0.25, 0.3) is 5.55 Å². The average Bonchev–Trinajstić information content (AvgIpc) is 3.02. The summed E-state index contributed by atoms with van der Waals surface area (Å²) in [5.74, 6) is 0. The summed E-state index contributed by atoms with van der Waals surface area (Å²) >= 11 is 0. The molecule has 6 heteroatoms. The first-order valence-electron chi connectivity index (χ1n) is 7.35. The predicted octanol–water partition coefficient (Wildman–Crippen LogP) is 2.59. The molecule has 0 amide bonds. The van der Waals surface area contributed by atoms with E-state index in [9.17, 15) is 0 Å². The average molecular weight is 310 g/mol. The van der Waals surface area contributed by atoms with Crippen LogP contribution in [0.1, 0.15) is 0 Å². The first-order valence-corrected chi connectivity index (χ1v) is 7.35. The van der Waals surface area contributed by atoms with Crippen LogP contribution in [0, 0.1) is 0 Å². The van der Waals surface area contributed by atoms with Crippen molar-refractivity contribution in [2.75, 3.05) is 26.6 Å².